The van der Waals surface area contributed by atoms with Crippen molar-refractivity contribution in [2.45, 2.75) is 13.8 Å². The maximum atomic E-state index is 12.8. The van der Waals surface area contributed by atoms with Gasteiger partial charge >= 0.3 is 0 Å². The van der Waals surface area contributed by atoms with Crippen LogP contribution in [0.5, 0.6) is 11.5 Å². The Kier molecular flexibility index (Phi) is 5.78. The monoisotopic (exact) mass is 440 g/mol. The molecule has 4 rings (SSSR count). The Balaban J connectivity index is 1.38. The molecule has 0 saturated carbocycles. The summed E-state index contributed by atoms with van der Waals surface area (Å²) in [6.07, 6.45) is 1.79. The fourth-order valence-corrected chi connectivity index (χ4v) is 4.64. The highest BCUT2D eigenvalue weighted by Gasteiger charge is 2.31. The summed E-state index contributed by atoms with van der Waals surface area (Å²) in [4.78, 5) is 27.2. The summed E-state index contributed by atoms with van der Waals surface area (Å²) in [6.45, 7) is 4.75. The summed E-state index contributed by atoms with van der Waals surface area (Å²) in [5, 5.41) is 2.86. The van der Waals surface area contributed by atoms with Gasteiger partial charge in [-0.2, -0.15) is 0 Å². The van der Waals surface area contributed by atoms with E-state index >= 15 is 0 Å². The third-order valence-corrected chi connectivity index (χ3v) is 6.05. The van der Waals surface area contributed by atoms with Crippen molar-refractivity contribution in [3.8, 4) is 11.5 Å². The standard InChI is InChI=1S/C22H20N2O4S2/c1-13-7-14(2)9-16(8-13)20(25)23-5-6-24-21(26)19(30-22(24)29)11-15-3-4-17-18(10-15)28-12-27-17/h3-4,7-11H,5-6,12H2,1-2H3,(H,23,25)/b19-11-. The zero-order valence-electron chi connectivity index (χ0n) is 16.6. The molecule has 0 spiro atoms. The number of thioether (sulfide) groups is 1. The van der Waals surface area contributed by atoms with Crippen molar-refractivity contribution in [1.29, 1.82) is 0 Å². The van der Waals surface area contributed by atoms with Gasteiger partial charge in [0.15, 0.2) is 11.5 Å². The molecule has 2 aliphatic heterocycles. The number of carbonyl (C=O) groups excluding carboxylic acids is 2. The van der Waals surface area contributed by atoms with Crippen LogP contribution in [-0.4, -0.2) is 40.9 Å². The predicted molar refractivity (Wildman–Crippen MR) is 121 cm³/mol. The second-order valence-electron chi connectivity index (χ2n) is 7.08. The number of carbonyl (C=O) groups is 2. The molecular formula is C22H20N2O4S2. The van der Waals surface area contributed by atoms with Gasteiger partial charge in [0.25, 0.3) is 11.8 Å². The third kappa shape index (κ3) is 4.34. The zero-order valence-corrected chi connectivity index (χ0v) is 18.2. The fourth-order valence-electron chi connectivity index (χ4n) is 3.34. The van der Waals surface area contributed by atoms with Crippen LogP contribution in [-0.2, 0) is 4.79 Å². The first-order valence-electron chi connectivity index (χ1n) is 9.42. The molecule has 6 nitrogen and oxygen atoms in total. The van der Waals surface area contributed by atoms with Crippen molar-refractivity contribution >= 4 is 46.2 Å². The Bertz CT molecular complexity index is 1060. The summed E-state index contributed by atoms with van der Waals surface area (Å²) in [5.74, 6) is 1.03. The van der Waals surface area contributed by atoms with E-state index in [1.165, 1.54) is 16.7 Å². The van der Waals surface area contributed by atoms with Crippen molar-refractivity contribution in [3.63, 3.8) is 0 Å². The van der Waals surface area contributed by atoms with Gasteiger partial charge < -0.3 is 14.8 Å². The van der Waals surface area contributed by atoms with E-state index in [-0.39, 0.29) is 18.6 Å². The number of aryl methyl sites for hydroxylation is 2. The number of hydrogen-bond donors (Lipinski definition) is 1. The molecule has 1 N–H and O–H groups in total. The predicted octanol–water partition coefficient (Wildman–Crippen LogP) is 3.66. The molecule has 2 aromatic carbocycles. The van der Waals surface area contributed by atoms with Gasteiger partial charge in [0.1, 0.15) is 4.32 Å². The Labute approximate surface area is 184 Å². The Morgan fingerprint density at radius 2 is 1.90 bits per heavy atom. The molecule has 0 atom stereocenters. The van der Waals surface area contributed by atoms with Crippen LogP contribution in [0, 0.1) is 13.8 Å². The normalized spacial score (nSPS) is 16.5. The highest BCUT2D eigenvalue weighted by atomic mass is 32.2. The second kappa shape index (κ2) is 8.49. The Hall–Kier alpha value is -2.84. The molecule has 2 aliphatic rings. The van der Waals surface area contributed by atoms with Gasteiger partial charge in [0.05, 0.1) is 4.91 Å². The van der Waals surface area contributed by atoms with Crippen LogP contribution in [0.1, 0.15) is 27.0 Å². The first-order valence-corrected chi connectivity index (χ1v) is 10.6. The Morgan fingerprint density at radius 3 is 2.67 bits per heavy atom. The number of nitrogens with zero attached hydrogens (tertiary/aromatic N) is 1. The maximum Gasteiger partial charge on any atom is 0.266 e. The molecule has 2 heterocycles. The minimum absolute atomic E-state index is 0.164. The molecule has 30 heavy (non-hydrogen) atoms. The van der Waals surface area contributed by atoms with Crippen LogP contribution in [0.15, 0.2) is 41.3 Å². The van der Waals surface area contributed by atoms with E-state index in [0.29, 0.717) is 39.4 Å². The lowest BCUT2D eigenvalue weighted by atomic mass is 10.1. The lowest BCUT2D eigenvalue weighted by Gasteiger charge is -2.15. The number of rotatable bonds is 5. The van der Waals surface area contributed by atoms with E-state index in [9.17, 15) is 9.59 Å². The number of amides is 2. The first kappa shape index (κ1) is 20.4. The van der Waals surface area contributed by atoms with E-state index in [4.69, 9.17) is 21.7 Å². The number of thiocarbonyl (C=S) groups is 1. The number of benzene rings is 2. The molecule has 0 unspecified atom stereocenters. The summed E-state index contributed by atoms with van der Waals surface area (Å²) in [6, 6.07) is 11.2. The number of ether oxygens (including phenoxy) is 2. The van der Waals surface area contributed by atoms with Gasteiger partial charge in [-0.05, 0) is 49.8 Å². The molecule has 0 aliphatic carbocycles. The summed E-state index contributed by atoms with van der Waals surface area (Å²) >= 11 is 6.62. The molecule has 0 bridgehead atoms. The van der Waals surface area contributed by atoms with E-state index < -0.39 is 0 Å². The number of fused-ring (bicyclic) bond motifs is 1. The van der Waals surface area contributed by atoms with E-state index in [0.717, 1.165) is 16.7 Å². The highest BCUT2D eigenvalue weighted by molar-refractivity contribution is 8.26. The minimum atomic E-state index is -0.164. The van der Waals surface area contributed by atoms with Gasteiger partial charge in [-0.1, -0.05) is 47.2 Å². The third-order valence-electron chi connectivity index (χ3n) is 4.67. The van der Waals surface area contributed by atoms with Crippen molar-refractivity contribution in [2.75, 3.05) is 19.9 Å². The van der Waals surface area contributed by atoms with Crippen LogP contribution >= 0.6 is 24.0 Å². The van der Waals surface area contributed by atoms with Gasteiger partial charge in [0.2, 0.25) is 6.79 Å². The van der Waals surface area contributed by atoms with Crippen LogP contribution in [0.2, 0.25) is 0 Å². The SMILES string of the molecule is Cc1cc(C)cc(C(=O)NCCN2C(=O)/C(=C/c3ccc4c(c3)OCO4)SC2=S)c1. The van der Waals surface area contributed by atoms with Crippen LogP contribution in [0.4, 0.5) is 0 Å². The number of hydrogen-bond acceptors (Lipinski definition) is 6. The second-order valence-corrected chi connectivity index (χ2v) is 8.75. The molecule has 0 radical (unpaired) electrons. The molecule has 8 heteroatoms. The van der Waals surface area contributed by atoms with Gasteiger partial charge in [-0.25, -0.2) is 0 Å². The smallest absolute Gasteiger partial charge is 0.266 e. The molecule has 0 aromatic heterocycles. The molecule has 1 saturated heterocycles. The molecule has 2 aromatic rings. The molecule has 1 fully saturated rings. The zero-order chi connectivity index (χ0) is 21.3. The lowest BCUT2D eigenvalue weighted by molar-refractivity contribution is -0.122. The van der Waals surface area contributed by atoms with Gasteiger partial charge in [-0.3, -0.25) is 14.5 Å². The summed E-state index contributed by atoms with van der Waals surface area (Å²) in [5.41, 5.74) is 3.51. The molecular weight excluding hydrogens is 420 g/mol. The van der Waals surface area contributed by atoms with Crippen molar-refractivity contribution in [3.05, 3.63) is 63.6 Å². The lowest BCUT2D eigenvalue weighted by Crippen LogP contribution is -2.37. The van der Waals surface area contributed by atoms with Gasteiger partial charge in [-0.15, -0.1) is 0 Å². The molecule has 154 valence electrons. The van der Waals surface area contributed by atoms with Crippen molar-refractivity contribution < 1.29 is 19.1 Å². The quantitative estimate of drug-likeness (QED) is 0.565. The fraction of sp³-hybridized carbons (Fsp3) is 0.227. The van der Waals surface area contributed by atoms with E-state index in [1.54, 1.807) is 6.08 Å². The van der Waals surface area contributed by atoms with Crippen LogP contribution < -0.4 is 14.8 Å². The topological polar surface area (TPSA) is 67.9 Å². The van der Waals surface area contributed by atoms with Crippen molar-refractivity contribution in [1.82, 2.24) is 10.2 Å². The largest absolute Gasteiger partial charge is 0.454 e. The van der Waals surface area contributed by atoms with Gasteiger partial charge in [0, 0.05) is 18.7 Å². The van der Waals surface area contributed by atoms with Crippen LogP contribution in [0.25, 0.3) is 6.08 Å². The first-order chi connectivity index (χ1) is 14.4. The minimum Gasteiger partial charge on any atom is -0.454 e. The average Bonchev–Trinajstić information content (AvgIpc) is 3.26. The molecule has 2 amide bonds. The van der Waals surface area contributed by atoms with Crippen LogP contribution in [0.3, 0.4) is 0 Å². The van der Waals surface area contributed by atoms with E-state index in [1.807, 2.05) is 50.2 Å². The summed E-state index contributed by atoms with van der Waals surface area (Å²) in [7, 11) is 0. The number of nitrogens with one attached hydrogen (secondary N) is 1. The maximum absolute atomic E-state index is 12.8. The van der Waals surface area contributed by atoms with E-state index in [2.05, 4.69) is 5.32 Å². The summed E-state index contributed by atoms with van der Waals surface area (Å²) < 4.78 is 11.2. The van der Waals surface area contributed by atoms with Crippen molar-refractivity contribution in [2.24, 2.45) is 0 Å². The highest BCUT2D eigenvalue weighted by Crippen LogP contribution is 2.36. The Morgan fingerprint density at radius 1 is 1.17 bits per heavy atom. The average molecular weight is 441 g/mol.